The number of hydrogen-bond acceptors (Lipinski definition) is 2. The Morgan fingerprint density at radius 1 is 1.29 bits per heavy atom. The van der Waals surface area contributed by atoms with Crippen LogP contribution < -0.4 is 5.73 Å². The largest absolute Gasteiger partial charge is 0.480 e. The van der Waals surface area contributed by atoms with Crippen molar-refractivity contribution < 1.29 is 27.5 Å². The van der Waals surface area contributed by atoms with Gasteiger partial charge in [0.1, 0.15) is 11.4 Å². The van der Waals surface area contributed by atoms with E-state index in [1.54, 1.807) is 6.92 Å². The summed E-state index contributed by atoms with van der Waals surface area (Å²) in [6.45, 7) is 3.01. The van der Waals surface area contributed by atoms with Crippen molar-refractivity contribution in [1.82, 2.24) is 0 Å². The van der Waals surface area contributed by atoms with Crippen LogP contribution in [-0.4, -0.2) is 16.6 Å². The second-order valence-corrected chi connectivity index (χ2v) is 5.52. The molecule has 2 atom stereocenters. The van der Waals surface area contributed by atoms with Crippen molar-refractivity contribution in [2.45, 2.75) is 38.6 Å². The van der Waals surface area contributed by atoms with Gasteiger partial charge in [0.2, 0.25) is 0 Å². The highest BCUT2D eigenvalue weighted by Crippen LogP contribution is 2.24. The van der Waals surface area contributed by atoms with E-state index in [2.05, 4.69) is 0 Å². The maximum atomic E-state index is 13.5. The molecule has 0 heterocycles. The number of halogens is 4. The fraction of sp³-hybridized carbons (Fsp3) is 0.500. The smallest absolute Gasteiger partial charge is 0.323 e. The molecule has 0 bridgehead atoms. The molecule has 3 nitrogen and oxygen atoms in total. The molecule has 3 N–H and O–H groups in total. The highest BCUT2D eigenvalue weighted by molar-refractivity contribution is 5.77. The Morgan fingerprint density at radius 2 is 1.86 bits per heavy atom. The Bertz CT molecular complexity index is 546. The first-order valence-corrected chi connectivity index (χ1v) is 6.40. The molecule has 0 saturated heterocycles. The lowest BCUT2D eigenvalue weighted by atomic mass is 9.87. The van der Waals surface area contributed by atoms with Crippen LogP contribution in [0.5, 0.6) is 0 Å². The molecular weight excluding hydrogens is 290 g/mol. The van der Waals surface area contributed by atoms with E-state index in [1.807, 2.05) is 0 Å². The van der Waals surface area contributed by atoms with E-state index >= 15 is 0 Å². The number of carbonyl (C=O) groups is 1. The van der Waals surface area contributed by atoms with Crippen molar-refractivity contribution in [3.8, 4) is 0 Å². The van der Waals surface area contributed by atoms with Crippen LogP contribution in [0.3, 0.4) is 0 Å². The minimum atomic E-state index is -1.71. The summed E-state index contributed by atoms with van der Waals surface area (Å²) >= 11 is 0. The maximum Gasteiger partial charge on any atom is 0.323 e. The molecule has 2 unspecified atom stereocenters. The molecule has 0 aliphatic carbocycles. The van der Waals surface area contributed by atoms with Crippen LogP contribution in [0.2, 0.25) is 0 Å². The molecule has 7 heteroatoms. The molecule has 1 rings (SSSR count). The first-order chi connectivity index (χ1) is 9.56. The van der Waals surface area contributed by atoms with E-state index in [4.69, 9.17) is 10.8 Å². The monoisotopic (exact) mass is 307 g/mol. The summed E-state index contributed by atoms with van der Waals surface area (Å²) in [5, 5.41) is 8.89. The van der Waals surface area contributed by atoms with Gasteiger partial charge in [-0.1, -0.05) is 6.92 Å². The molecular formula is C14H17F4NO2. The van der Waals surface area contributed by atoms with Crippen LogP contribution in [-0.2, 0) is 11.2 Å². The summed E-state index contributed by atoms with van der Waals surface area (Å²) in [7, 11) is 0. The van der Waals surface area contributed by atoms with E-state index in [9.17, 15) is 22.4 Å². The van der Waals surface area contributed by atoms with Gasteiger partial charge in [-0.05, 0) is 32.1 Å². The topological polar surface area (TPSA) is 63.3 Å². The van der Waals surface area contributed by atoms with Gasteiger partial charge in [-0.2, -0.15) is 0 Å². The number of carboxylic acid groups (broad SMARTS) is 1. The normalized spacial score (nSPS) is 15.6. The van der Waals surface area contributed by atoms with E-state index in [1.165, 1.54) is 6.92 Å². The van der Waals surface area contributed by atoms with Gasteiger partial charge >= 0.3 is 5.97 Å². The summed E-state index contributed by atoms with van der Waals surface area (Å²) in [4.78, 5) is 10.9. The van der Waals surface area contributed by atoms with Gasteiger partial charge in [-0.3, -0.25) is 4.79 Å². The minimum absolute atomic E-state index is 0.0925. The number of nitrogens with two attached hydrogens (primary N) is 1. The van der Waals surface area contributed by atoms with Gasteiger partial charge in [0.15, 0.2) is 17.5 Å². The first-order valence-electron chi connectivity index (χ1n) is 6.40. The maximum absolute atomic E-state index is 13.5. The van der Waals surface area contributed by atoms with Crippen LogP contribution >= 0.6 is 0 Å². The second-order valence-electron chi connectivity index (χ2n) is 5.52. The summed E-state index contributed by atoms with van der Waals surface area (Å²) in [5.74, 6) is -7.45. The molecule has 0 spiro atoms. The van der Waals surface area contributed by atoms with E-state index in [0.29, 0.717) is 6.07 Å². The predicted molar refractivity (Wildman–Crippen MR) is 68.6 cm³/mol. The Balaban J connectivity index is 2.77. The van der Waals surface area contributed by atoms with Crippen LogP contribution in [0.1, 0.15) is 32.3 Å². The van der Waals surface area contributed by atoms with Crippen LogP contribution in [0.4, 0.5) is 17.6 Å². The van der Waals surface area contributed by atoms with Gasteiger partial charge in [-0.15, -0.1) is 0 Å². The fourth-order valence-corrected chi connectivity index (χ4v) is 2.14. The lowest BCUT2D eigenvalue weighted by Crippen LogP contribution is -2.46. The van der Waals surface area contributed by atoms with Crippen molar-refractivity contribution in [2.24, 2.45) is 11.7 Å². The van der Waals surface area contributed by atoms with Crippen molar-refractivity contribution >= 4 is 5.97 Å². The van der Waals surface area contributed by atoms with Crippen LogP contribution in [0, 0.1) is 29.2 Å². The van der Waals surface area contributed by atoms with E-state index < -0.39 is 40.3 Å². The Hall–Kier alpha value is -1.63. The molecule has 1 aromatic carbocycles. The van der Waals surface area contributed by atoms with Gasteiger partial charge in [-0.25, -0.2) is 17.6 Å². The van der Waals surface area contributed by atoms with Gasteiger partial charge < -0.3 is 10.8 Å². The third-order valence-corrected chi connectivity index (χ3v) is 3.36. The van der Waals surface area contributed by atoms with E-state index in [-0.39, 0.29) is 25.2 Å². The van der Waals surface area contributed by atoms with Crippen molar-refractivity contribution in [2.75, 3.05) is 0 Å². The lowest BCUT2D eigenvalue weighted by molar-refractivity contribution is -0.143. The Morgan fingerprint density at radius 3 is 2.38 bits per heavy atom. The number of benzene rings is 1. The zero-order valence-corrected chi connectivity index (χ0v) is 11.7. The standard InChI is InChI=1S/C14H17F4NO2/c1-7(6-14(2,19)13(20)21)3-4-8-9(15)5-10(16)12(18)11(8)17/h5,7H,3-4,6,19H2,1-2H3,(H,20,21). The summed E-state index contributed by atoms with van der Waals surface area (Å²) in [6, 6.07) is 0.294. The highest BCUT2D eigenvalue weighted by atomic mass is 19.2. The SMILES string of the molecule is CC(CCc1c(F)cc(F)c(F)c1F)CC(C)(N)C(=O)O. The van der Waals surface area contributed by atoms with Crippen LogP contribution in [0.15, 0.2) is 6.07 Å². The fourth-order valence-electron chi connectivity index (χ4n) is 2.14. The molecule has 0 aromatic heterocycles. The van der Waals surface area contributed by atoms with Crippen LogP contribution in [0.25, 0.3) is 0 Å². The molecule has 0 saturated carbocycles. The number of aliphatic carboxylic acids is 1. The van der Waals surface area contributed by atoms with Crippen molar-refractivity contribution in [3.05, 3.63) is 34.9 Å². The molecule has 0 radical (unpaired) electrons. The summed E-state index contributed by atoms with van der Waals surface area (Å²) in [6.07, 6.45) is 0.111. The highest BCUT2D eigenvalue weighted by Gasteiger charge is 2.30. The average Bonchev–Trinajstić information content (AvgIpc) is 2.35. The first kappa shape index (κ1) is 17.4. The quantitative estimate of drug-likeness (QED) is 0.482. The predicted octanol–water partition coefficient (Wildman–Crippen LogP) is 3.00. The van der Waals surface area contributed by atoms with Crippen molar-refractivity contribution in [1.29, 1.82) is 0 Å². The summed E-state index contributed by atoms with van der Waals surface area (Å²) < 4.78 is 52.8. The molecule has 0 aliphatic heterocycles. The van der Waals surface area contributed by atoms with Gasteiger partial charge in [0, 0.05) is 11.6 Å². The molecule has 118 valence electrons. The Labute approximate surface area is 119 Å². The molecule has 0 aliphatic rings. The zero-order chi connectivity index (χ0) is 16.4. The molecule has 1 aromatic rings. The van der Waals surface area contributed by atoms with Gasteiger partial charge in [0.05, 0.1) is 0 Å². The molecule has 21 heavy (non-hydrogen) atoms. The Kier molecular flexibility index (Phi) is 5.33. The number of rotatable bonds is 6. The second kappa shape index (κ2) is 6.43. The lowest BCUT2D eigenvalue weighted by Gasteiger charge is -2.23. The molecule has 0 amide bonds. The zero-order valence-electron chi connectivity index (χ0n) is 11.7. The minimum Gasteiger partial charge on any atom is -0.480 e. The van der Waals surface area contributed by atoms with Crippen molar-refractivity contribution in [3.63, 3.8) is 0 Å². The number of hydrogen-bond donors (Lipinski definition) is 2. The summed E-state index contributed by atoms with van der Waals surface area (Å²) in [5.41, 5.74) is 3.58. The average molecular weight is 307 g/mol. The van der Waals surface area contributed by atoms with Gasteiger partial charge in [0.25, 0.3) is 0 Å². The third kappa shape index (κ3) is 4.17. The number of carboxylic acids is 1. The van der Waals surface area contributed by atoms with E-state index in [0.717, 1.165) is 0 Å². The molecule has 0 fully saturated rings. The third-order valence-electron chi connectivity index (χ3n) is 3.36.